The molecule has 0 spiro atoms. The second-order valence-corrected chi connectivity index (χ2v) is 2.88. The summed E-state index contributed by atoms with van der Waals surface area (Å²) < 4.78 is 0. The van der Waals surface area contributed by atoms with E-state index in [9.17, 15) is 0 Å². The Kier molecular flexibility index (Phi) is 1.40. The zero-order chi connectivity index (χ0) is 7.68. The van der Waals surface area contributed by atoms with Gasteiger partial charge >= 0.3 is 0 Å². The quantitative estimate of drug-likeness (QED) is 0.492. The first-order valence-corrected chi connectivity index (χ1v) is 3.86. The molecule has 1 aliphatic carbocycles. The van der Waals surface area contributed by atoms with Gasteiger partial charge in [-0.05, 0) is 12.0 Å². The highest BCUT2D eigenvalue weighted by Crippen LogP contribution is 2.33. The molecule has 0 saturated heterocycles. The zero-order valence-electron chi connectivity index (χ0n) is 6.25. The van der Waals surface area contributed by atoms with Gasteiger partial charge in [-0.1, -0.05) is 24.3 Å². The number of rotatable bonds is 0. The summed E-state index contributed by atoms with van der Waals surface area (Å²) in [7, 11) is 0. The molecule has 11 heavy (non-hydrogen) atoms. The summed E-state index contributed by atoms with van der Waals surface area (Å²) in [6, 6.07) is 8.41. The molecule has 1 aromatic carbocycles. The lowest BCUT2D eigenvalue weighted by Crippen LogP contribution is -1.83. The largest absolute Gasteiger partial charge is 0.308 e. The van der Waals surface area contributed by atoms with E-state index in [0.717, 1.165) is 12.8 Å². The van der Waals surface area contributed by atoms with E-state index < -0.39 is 0 Å². The van der Waals surface area contributed by atoms with E-state index in [-0.39, 0.29) is 6.04 Å². The molecule has 0 radical (unpaired) electrons. The summed E-state index contributed by atoms with van der Waals surface area (Å²) in [4.78, 5) is 3.58. The average molecular weight is 143 g/mol. The summed E-state index contributed by atoms with van der Waals surface area (Å²) >= 11 is 0. The van der Waals surface area contributed by atoms with Gasteiger partial charge in [0.1, 0.15) is 0 Å². The van der Waals surface area contributed by atoms with E-state index in [0.29, 0.717) is 0 Å². The maximum atomic E-state index is 6.96. The van der Waals surface area contributed by atoms with Gasteiger partial charge in [-0.25, -0.2) is 6.57 Å². The third-order valence-corrected chi connectivity index (χ3v) is 2.26. The van der Waals surface area contributed by atoms with E-state index in [1.165, 1.54) is 11.1 Å². The minimum Gasteiger partial charge on any atom is -0.308 e. The van der Waals surface area contributed by atoms with Crippen LogP contribution in [-0.4, -0.2) is 0 Å². The molecule has 0 aliphatic heterocycles. The molecule has 1 atom stereocenters. The number of benzene rings is 1. The summed E-state index contributed by atoms with van der Waals surface area (Å²) in [5, 5.41) is 0. The van der Waals surface area contributed by atoms with Crippen molar-refractivity contribution in [1.29, 1.82) is 0 Å². The molecule has 0 N–H and O–H groups in total. The van der Waals surface area contributed by atoms with Crippen molar-refractivity contribution in [2.45, 2.75) is 18.9 Å². The molecule has 0 bridgehead atoms. The Morgan fingerprint density at radius 1 is 1.36 bits per heavy atom. The lowest BCUT2D eigenvalue weighted by atomic mass is 10.1. The first-order valence-electron chi connectivity index (χ1n) is 3.86. The van der Waals surface area contributed by atoms with Crippen molar-refractivity contribution < 1.29 is 0 Å². The molecule has 0 aromatic heterocycles. The van der Waals surface area contributed by atoms with Gasteiger partial charge in [-0.2, -0.15) is 0 Å². The minimum atomic E-state index is 0.145. The van der Waals surface area contributed by atoms with Crippen LogP contribution < -0.4 is 0 Å². The molecule has 1 aliphatic rings. The van der Waals surface area contributed by atoms with Crippen LogP contribution in [0, 0.1) is 6.57 Å². The van der Waals surface area contributed by atoms with E-state index in [4.69, 9.17) is 6.57 Å². The van der Waals surface area contributed by atoms with Crippen LogP contribution in [0.3, 0.4) is 0 Å². The van der Waals surface area contributed by atoms with Gasteiger partial charge in [0.05, 0.1) is 0 Å². The van der Waals surface area contributed by atoms with Crippen LogP contribution in [0.5, 0.6) is 0 Å². The highest BCUT2D eigenvalue weighted by atomic mass is 14.7. The fourth-order valence-electron chi connectivity index (χ4n) is 1.67. The second kappa shape index (κ2) is 2.39. The monoisotopic (exact) mass is 143 g/mol. The Bertz CT molecular complexity index is 309. The van der Waals surface area contributed by atoms with Gasteiger partial charge in [0.2, 0.25) is 6.04 Å². The predicted octanol–water partition coefficient (Wildman–Crippen LogP) is 2.59. The molecule has 2 rings (SSSR count). The number of hydrogen-bond acceptors (Lipinski definition) is 0. The molecule has 0 fully saturated rings. The van der Waals surface area contributed by atoms with Crippen molar-refractivity contribution in [3.63, 3.8) is 0 Å². The molecule has 1 unspecified atom stereocenters. The van der Waals surface area contributed by atoms with Crippen molar-refractivity contribution in [1.82, 2.24) is 0 Å². The van der Waals surface area contributed by atoms with Crippen LogP contribution in [0.4, 0.5) is 0 Å². The molecular weight excluding hydrogens is 134 g/mol. The standard InChI is InChI=1S/C10H9N/c1-11-10-7-6-8-4-2-3-5-9(8)10/h2-5,10H,6-7H2. The zero-order valence-corrected chi connectivity index (χ0v) is 6.25. The lowest BCUT2D eigenvalue weighted by molar-refractivity contribution is 0.810. The van der Waals surface area contributed by atoms with E-state index in [2.05, 4.69) is 17.0 Å². The Morgan fingerprint density at radius 3 is 3.00 bits per heavy atom. The Balaban J connectivity index is 2.49. The third-order valence-electron chi connectivity index (χ3n) is 2.26. The van der Waals surface area contributed by atoms with Gasteiger partial charge in [0.25, 0.3) is 0 Å². The molecular formula is C10H9N. The topological polar surface area (TPSA) is 4.36 Å². The summed E-state index contributed by atoms with van der Waals surface area (Å²) in [5.41, 5.74) is 2.62. The lowest BCUT2D eigenvalue weighted by Gasteiger charge is -1.96. The van der Waals surface area contributed by atoms with Gasteiger partial charge in [0.15, 0.2) is 0 Å². The van der Waals surface area contributed by atoms with Crippen LogP contribution >= 0.6 is 0 Å². The first-order chi connectivity index (χ1) is 5.42. The third kappa shape index (κ3) is 0.914. The molecule has 1 heteroatoms. The van der Waals surface area contributed by atoms with Crippen molar-refractivity contribution >= 4 is 0 Å². The summed E-state index contributed by atoms with van der Waals surface area (Å²) in [5.74, 6) is 0. The van der Waals surface area contributed by atoms with Crippen LogP contribution in [0.15, 0.2) is 24.3 Å². The maximum Gasteiger partial charge on any atom is 0.249 e. The van der Waals surface area contributed by atoms with E-state index >= 15 is 0 Å². The van der Waals surface area contributed by atoms with Crippen molar-refractivity contribution in [3.05, 3.63) is 46.8 Å². The number of hydrogen-bond donors (Lipinski definition) is 0. The molecule has 0 heterocycles. The molecule has 1 nitrogen and oxygen atoms in total. The highest BCUT2D eigenvalue weighted by molar-refractivity contribution is 5.35. The normalized spacial score (nSPS) is 20.8. The van der Waals surface area contributed by atoms with Crippen LogP contribution in [0.1, 0.15) is 23.6 Å². The van der Waals surface area contributed by atoms with E-state index in [1.54, 1.807) is 0 Å². The van der Waals surface area contributed by atoms with Crippen LogP contribution in [0.25, 0.3) is 4.85 Å². The highest BCUT2D eigenvalue weighted by Gasteiger charge is 2.25. The Morgan fingerprint density at radius 2 is 2.18 bits per heavy atom. The second-order valence-electron chi connectivity index (χ2n) is 2.88. The van der Waals surface area contributed by atoms with Gasteiger partial charge in [-0.15, -0.1) is 0 Å². The molecule has 0 amide bonds. The van der Waals surface area contributed by atoms with Gasteiger partial charge < -0.3 is 4.85 Å². The number of fused-ring (bicyclic) bond motifs is 1. The average Bonchev–Trinajstić information content (AvgIpc) is 2.47. The van der Waals surface area contributed by atoms with E-state index in [1.807, 2.05) is 12.1 Å². The number of nitrogens with zero attached hydrogens (tertiary/aromatic N) is 1. The van der Waals surface area contributed by atoms with Gasteiger partial charge in [0, 0.05) is 12.0 Å². The predicted molar refractivity (Wildman–Crippen MR) is 44.1 cm³/mol. The smallest absolute Gasteiger partial charge is 0.249 e. The molecule has 1 aromatic rings. The fraction of sp³-hybridized carbons (Fsp3) is 0.300. The Hall–Kier alpha value is -1.29. The first kappa shape index (κ1) is 6.42. The minimum absolute atomic E-state index is 0.145. The molecule has 0 saturated carbocycles. The van der Waals surface area contributed by atoms with Crippen molar-refractivity contribution in [2.75, 3.05) is 0 Å². The van der Waals surface area contributed by atoms with Gasteiger partial charge in [-0.3, -0.25) is 0 Å². The molecule has 54 valence electrons. The summed E-state index contributed by atoms with van der Waals surface area (Å²) in [6.45, 7) is 6.96. The van der Waals surface area contributed by atoms with Crippen molar-refractivity contribution in [2.24, 2.45) is 0 Å². The number of aryl methyl sites for hydroxylation is 1. The SMILES string of the molecule is [C-]#[N+]C1CCc2ccccc21. The van der Waals surface area contributed by atoms with Crippen molar-refractivity contribution in [3.8, 4) is 0 Å². The Labute approximate surface area is 66.5 Å². The maximum absolute atomic E-state index is 6.96. The summed E-state index contributed by atoms with van der Waals surface area (Å²) in [6.07, 6.45) is 2.10. The van der Waals surface area contributed by atoms with Crippen LogP contribution in [0.2, 0.25) is 0 Å². The fourth-order valence-corrected chi connectivity index (χ4v) is 1.67. The van der Waals surface area contributed by atoms with Crippen LogP contribution in [-0.2, 0) is 6.42 Å².